The Kier molecular flexibility index (Phi) is 3.96. The van der Waals surface area contributed by atoms with Crippen molar-refractivity contribution in [3.63, 3.8) is 0 Å². The van der Waals surface area contributed by atoms with Crippen LogP contribution in [0.5, 0.6) is 0 Å². The minimum atomic E-state index is -0.229. The van der Waals surface area contributed by atoms with Crippen molar-refractivity contribution in [2.24, 2.45) is 0 Å². The summed E-state index contributed by atoms with van der Waals surface area (Å²) in [5.41, 5.74) is 1.69. The van der Waals surface area contributed by atoms with Crippen molar-refractivity contribution in [1.82, 2.24) is 0 Å². The van der Waals surface area contributed by atoms with E-state index in [1.54, 1.807) is 36.4 Å². The van der Waals surface area contributed by atoms with Crippen molar-refractivity contribution in [1.29, 1.82) is 0 Å². The summed E-state index contributed by atoms with van der Waals surface area (Å²) >= 11 is 18.0. The zero-order valence-electron chi connectivity index (χ0n) is 9.51. The van der Waals surface area contributed by atoms with Crippen molar-refractivity contribution in [3.8, 4) is 0 Å². The summed E-state index contributed by atoms with van der Waals surface area (Å²) in [6, 6.07) is 10.1. The van der Waals surface area contributed by atoms with E-state index in [0.717, 1.165) is 5.56 Å². The molecular weight excluding hydrogens is 291 g/mol. The third-order valence-corrected chi connectivity index (χ3v) is 3.66. The van der Waals surface area contributed by atoms with Gasteiger partial charge in [-0.1, -0.05) is 53.0 Å². The van der Waals surface area contributed by atoms with Crippen LogP contribution < -0.4 is 0 Å². The van der Waals surface area contributed by atoms with E-state index in [9.17, 15) is 4.79 Å². The van der Waals surface area contributed by atoms with Crippen LogP contribution in [0.15, 0.2) is 36.4 Å². The Morgan fingerprint density at radius 3 is 2.11 bits per heavy atom. The van der Waals surface area contributed by atoms with Gasteiger partial charge in [0.15, 0.2) is 5.78 Å². The molecule has 0 saturated heterocycles. The molecule has 2 aromatic carbocycles. The zero-order chi connectivity index (χ0) is 13.3. The summed E-state index contributed by atoms with van der Waals surface area (Å²) < 4.78 is 0. The molecule has 0 atom stereocenters. The van der Waals surface area contributed by atoms with Crippen LogP contribution in [0.4, 0.5) is 0 Å². The highest BCUT2D eigenvalue weighted by atomic mass is 35.5. The van der Waals surface area contributed by atoms with E-state index >= 15 is 0 Å². The molecule has 0 aromatic heterocycles. The second kappa shape index (κ2) is 5.31. The van der Waals surface area contributed by atoms with Crippen LogP contribution in [0.3, 0.4) is 0 Å². The molecule has 0 heterocycles. The van der Waals surface area contributed by atoms with Gasteiger partial charge in [-0.05, 0) is 30.7 Å². The number of hydrogen-bond acceptors (Lipinski definition) is 1. The maximum Gasteiger partial charge on any atom is 0.196 e. The summed E-state index contributed by atoms with van der Waals surface area (Å²) in [7, 11) is 0. The fourth-order valence-electron chi connectivity index (χ4n) is 1.59. The zero-order valence-corrected chi connectivity index (χ0v) is 11.8. The first kappa shape index (κ1) is 13.4. The quantitative estimate of drug-likeness (QED) is 0.698. The number of benzene rings is 2. The topological polar surface area (TPSA) is 17.1 Å². The number of halogens is 3. The largest absolute Gasteiger partial charge is 0.288 e. The van der Waals surface area contributed by atoms with Gasteiger partial charge in [0.2, 0.25) is 0 Å². The molecule has 0 aliphatic heterocycles. The number of ketones is 1. The predicted molar refractivity (Wildman–Crippen MR) is 76.1 cm³/mol. The first-order valence-corrected chi connectivity index (χ1v) is 6.39. The number of carbonyl (C=O) groups excluding carboxylic acids is 1. The van der Waals surface area contributed by atoms with E-state index in [4.69, 9.17) is 34.8 Å². The lowest BCUT2D eigenvalue weighted by Gasteiger charge is -2.07. The first-order valence-electron chi connectivity index (χ1n) is 5.25. The molecule has 0 radical (unpaired) electrons. The smallest absolute Gasteiger partial charge is 0.196 e. The van der Waals surface area contributed by atoms with Gasteiger partial charge in [0.1, 0.15) is 0 Å². The second-order valence-electron chi connectivity index (χ2n) is 3.89. The number of rotatable bonds is 2. The van der Waals surface area contributed by atoms with Gasteiger partial charge in [0, 0.05) is 10.6 Å². The highest BCUT2D eigenvalue weighted by Gasteiger charge is 2.16. The van der Waals surface area contributed by atoms with E-state index in [-0.39, 0.29) is 5.78 Å². The molecule has 0 fully saturated rings. The van der Waals surface area contributed by atoms with Gasteiger partial charge in [-0.15, -0.1) is 0 Å². The minimum absolute atomic E-state index is 0.229. The van der Waals surface area contributed by atoms with Gasteiger partial charge in [0.05, 0.1) is 15.6 Å². The normalized spacial score (nSPS) is 10.4. The van der Waals surface area contributed by atoms with Crippen molar-refractivity contribution >= 4 is 40.6 Å². The van der Waals surface area contributed by atoms with Crippen LogP contribution in [0.2, 0.25) is 15.1 Å². The van der Waals surface area contributed by atoms with Crippen LogP contribution in [0.1, 0.15) is 21.5 Å². The van der Waals surface area contributed by atoms with Gasteiger partial charge in [-0.2, -0.15) is 0 Å². The third-order valence-electron chi connectivity index (χ3n) is 2.62. The average molecular weight is 300 g/mol. The number of hydrogen-bond donors (Lipinski definition) is 0. The van der Waals surface area contributed by atoms with E-state index in [0.29, 0.717) is 26.2 Å². The Balaban J connectivity index is 2.51. The highest BCUT2D eigenvalue weighted by Crippen LogP contribution is 2.28. The summed E-state index contributed by atoms with van der Waals surface area (Å²) in [5.74, 6) is -0.229. The lowest BCUT2D eigenvalue weighted by atomic mass is 10.0. The summed E-state index contributed by atoms with van der Waals surface area (Å²) in [6.07, 6.45) is 0. The van der Waals surface area contributed by atoms with Gasteiger partial charge >= 0.3 is 0 Å². The molecule has 2 aromatic rings. The molecule has 2 rings (SSSR count). The van der Waals surface area contributed by atoms with Crippen LogP contribution >= 0.6 is 34.8 Å². The molecule has 92 valence electrons. The lowest BCUT2D eigenvalue weighted by Crippen LogP contribution is -2.03. The maximum atomic E-state index is 12.3. The Labute approximate surface area is 120 Å². The third kappa shape index (κ3) is 2.54. The van der Waals surface area contributed by atoms with Crippen LogP contribution in [0.25, 0.3) is 0 Å². The van der Waals surface area contributed by atoms with Crippen molar-refractivity contribution in [3.05, 3.63) is 68.2 Å². The molecule has 0 aliphatic carbocycles. The van der Waals surface area contributed by atoms with Gasteiger partial charge in [0.25, 0.3) is 0 Å². The SMILES string of the molecule is Cc1ccc(C(=O)c2c(Cl)cccc2Cl)cc1Cl. The highest BCUT2D eigenvalue weighted by molar-refractivity contribution is 6.41. The standard InChI is InChI=1S/C14H9Cl3O/c1-8-5-6-9(7-12(8)17)14(18)13-10(15)3-2-4-11(13)16/h2-7H,1H3. The monoisotopic (exact) mass is 298 g/mol. The molecule has 0 aliphatic rings. The van der Waals surface area contributed by atoms with Crippen LogP contribution in [-0.4, -0.2) is 5.78 Å². The Morgan fingerprint density at radius 1 is 0.944 bits per heavy atom. The Morgan fingerprint density at radius 2 is 1.56 bits per heavy atom. The molecule has 4 heteroatoms. The Hall–Kier alpha value is -1.02. The molecule has 0 N–H and O–H groups in total. The molecule has 18 heavy (non-hydrogen) atoms. The van der Waals surface area contributed by atoms with Crippen LogP contribution in [0, 0.1) is 6.92 Å². The predicted octanol–water partition coefficient (Wildman–Crippen LogP) is 5.19. The molecular formula is C14H9Cl3O. The van der Waals surface area contributed by atoms with Gasteiger partial charge in [-0.25, -0.2) is 0 Å². The first-order chi connectivity index (χ1) is 8.50. The summed E-state index contributed by atoms with van der Waals surface area (Å²) in [6.45, 7) is 1.87. The van der Waals surface area contributed by atoms with E-state index < -0.39 is 0 Å². The molecule has 0 unspecified atom stereocenters. The molecule has 0 bridgehead atoms. The molecule has 1 nitrogen and oxygen atoms in total. The van der Waals surface area contributed by atoms with Crippen LogP contribution in [-0.2, 0) is 0 Å². The number of carbonyl (C=O) groups is 1. The average Bonchev–Trinajstić information content (AvgIpc) is 2.32. The summed E-state index contributed by atoms with van der Waals surface area (Å²) in [5, 5.41) is 1.22. The fraction of sp³-hybridized carbons (Fsp3) is 0.0714. The van der Waals surface area contributed by atoms with Gasteiger partial charge in [-0.3, -0.25) is 4.79 Å². The van der Waals surface area contributed by atoms with E-state index in [1.807, 2.05) is 6.92 Å². The lowest BCUT2D eigenvalue weighted by molar-refractivity contribution is 0.103. The second-order valence-corrected chi connectivity index (χ2v) is 5.11. The van der Waals surface area contributed by atoms with Crippen molar-refractivity contribution in [2.45, 2.75) is 6.92 Å². The van der Waals surface area contributed by atoms with E-state index in [2.05, 4.69) is 0 Å². The van der Waals surface area contributed by atoms with Gasteiger partial charge < -0.3 is 0 Å². The fourth-order valence-corrected chi connectivity index (χ4v) is 2.34. The molecule has 0 amide bonds. The Bertz CT molecular complexity index is 600. The molecule has 0 saturated carbocycles. The van der Waals surface area contributed by atoms with Crippen molar-refractivity contribution in [2.75, 3.05) is 0 Å². The maximum absolute atomic E-state index is 12.3. The molecule has 0 spiro atoms. The van der Waals surface area contributed by atoms with E-state index in [1.165, 1.54) is 0 Å². The minimum Gasteiger partial charge on any atom is -0.288 e. The van der Waals surface area contributed by atoms with Crippen molar-refractivity contribution < 1.29 is 4.79 Å². The summed E-state index contributed by atoms with van der Waals surface area (Å²) in [4.78, 5) is 12.3. The number of aryl methyl sites for hydroxylation is 1.